The molecule has 0 spiro atoms. The highest BCUT2D eigenvalue weighted by Gasteiger charge is 2.26. The minimum absolute atomic E-state index is 0.0275. The summed E-state index contributed by atoms with van der Waals surface area (Å²) in [5.74, 6) is 1.72. The van der Waals surface area contributed by atoms with Crippen molar-refractivity contribution in [1.82, 2.24) is 14.8 Å². The Kier molecular flexibility index (Phi) is 7.25. The number of anilines is 1. The number of aromatic nitrogens is 1. The number of allylic oxidation sites excluding steroid dienone is 2. The van der Waals surface area contributed by atoms with E-state index in [2.05, 4.69) is 27.9 Å². The molecule has 0 unspecified atom stereocenters. The molecular weight excluding hydrogens is 390 g/mol. The van der Waals surface area contributed by atoms with Crippen LogP contribution in [0.4, 0.5) is 5.82 Å². The smallest absolute Gasteiger partial charge is 0.255 e. The maximum atomic E-state index is 13.1. The first kappa shape index (κ1) is 22.7. The molecule has 1 aromatic heterocycles. The van der Waals surface area contributed by atoms with Crippen molar-refractivity contribution >= 4 is 23.8 Å². The summed E-state index contributed by atoms with van der Waals surface area (Å²) in [6.07, 6.45) is 6.69. The van der Waals surface area contributed by atoms with E-state index in [4.69, 9.17) is 0 Å². The fourth-order valence-corrected chi connectivity index (χ4v) is 4.07. The van der Waals surface area contributed by atoms with Gasteiger partial charge in [-0.2, -0.15) is 0 Å². The number of piperazine rings is 1. The van der Waals surface area contributed by atoms with Crippen molar-refractivity contribution < 1.29 is 9.59 Å². The molecule has 0 aromatic carbocycles. The number of aliphatic imine (C=N–C) groups is 1. The molecule has 0 saturated carbocycles. The van der Waals surface area contributed by atoms with Crippen LogP contribution in [0.15, 0.2) is 40.3 Å². The van der Waals surface area contributed by atoms with E-state index in [0.29, 0.717) is 37.4 Å². The van der Waals surface area contributed by atoms with Crippen LogP contribution in [0.5, 0.6) is 0 Å². The van der Waals surface area contributed by atoms with Crippen LogP contribution >= 0.6 is 0 Å². The van der Waals surface area contributed by atoms with E-state index < -0.39 is 0 Å². The Labute approximate surface area is 185 Å². The number of hydrogen-bond acceptors (Lipinski definition) is 5. The third-order valence-electron chi connectivity index (χ3n) is 5.71. The van der Waals surface area contributed by atoms with Gasteiger partial charge in [0, 0.05) is 51.6 Å². The molecule has 3 heterocycles. The molecule has 0 aliphatic carbocycles. The van der Waals surface area contributed by atoms with E-state index in [1.54, 1.807) is 17.2 Å². The summed E-state index contributed by atoms with van der Waals surface area (Å²) < 4.78 is 0. The van der Waals surface area contributed by atoms with Gasteiger partial charge >= 0.3 is 0 Å². The van der Waals surface area contributed by atoms with Crippen molar-refractivity contribution in [3.63, 3.8) is 0 Å². The summed E-state index contributed by atoms with van der Waals surface area (Å²) in [7, 11) is 0. The minimum atomic E-state index is -0.0275. The van der Waals surface area contributed by atoms with Gasteiger partial charge in [0.1, 0.15) is 11.6 Å². The first-order valence-corrected chi connectivity index (χ1v) is 11.0. The number of aryl methyl sites for hydroxylation is 2. The zero-order chi connectivity index (χ0) is 22.5. The predicted molar refractivity (Wildman–Crippen MR) is 124 cm³/mol. The van der Waals surface area contributed by atoms with Crippen molar-refractivity contribution in [2.45, 2.75) is 47.5 Å². The Balaban J connectivity index is 1.65. The zero-order valence-electron chi connectivity index (χ0n) is 19.3. The van der Waals surface area contributed by atoms with Crippen LogP contribution in [-0.4, -0.2) is 65.5 Å². The van der Waals surface area contributed by atoms with Crippen molar-refractivity contribution in [3.8, 4) is 0 Å². The number of hydrogen-bond donors (Lipinski definition) is 0. The van der Waals surface area contributed by atoms with Gasteiger partial charge in [0.05, 0.1) is 5.57 Å². The van der Waals surface area contributed by atoms with E-state index in [-0.39, 0.29) is 11.8 Å². The van der Waals surface area contributed by atoms with Crippen molar-refractivity contribution in [2.24, 2.45) is 4.99 Å². The summed E-state index contributed by atoms with van der Waals surface area (Å²) in [5.41, 5.74) is 3.82. The summed E-state index contributed by atoms with van der Waals surface area (Å²) in [6, 6.07) is 2.14. The minimum Gasteiger partial charge on any atom is -0.353 e. The second-order valence-electron chi connectivity index (χ2n) is 8.41. The molecule has 2 aliphatic heterocycles. The molecule has 0 atom stereocenters. The van der Waals surface area contributed by atoms with Gasteiger partial charge in [-0.3, -0.25) is 14.5 Å². The molecule has 7 heteroatoms. The molecule has 7 nitrogen and oxygen atoms in total. The topological polar surface area (TPSA) is 69.1 Å². The highest BCUT2D eigenvalue weighted by molar-refractivity contribution is 6.12. The molecule has 0 radical (unpaired) electrons. The van der Waals surface area contributed by atoms with E-state index in [9.17, 15) is 9.59 Å². The summed E-state index contributed by atoms with van der Waals surface area (Å²) >= 11 is 0. The number of carbonyl (C=O) groups is 2. The van der Waals surface area contributed by atoms with Crippen molar-refractivity contribution in [1.29, 1.82) is 0 Å². The van der Waals surface area contributed by atoms with Crippen LogP contribution in [0.2, 0.25) is 0 Å². The average molecular weight is 424 g/mol. The maximum Gasteiger partial charge on any atom is 0.255 e. The monoisotopic (exact) mass is 423 g/mol. The average Bonchev–Trinajstić information content (AvgIpc) is 3.16. The molecule has 2 saturated heterocycles. The summed E-state index contributed by atoms with van der Waals surface area (Å²) in [6.45, 7) is 13.3. The lowest BCUT2D eigenvalue weighted by Crippen LogP contribution is -2.49. The van der Waals surface area contributed by atoms with Crippen molar-refractivity contribution in [2.75, 3.05) is 37.6 Å². The Bertz CT molecular complexity index is 935. The highest BCUT2D eigenvalue weighted by atomic mass is 16.2. The van der Waals surface area contributed by atoms with Crippen LogP contribution in [0, 0.1) is 13.8 Å². The number of pyridine rings is 1. The van der Waals surface area contributed by atoms with Gasteiger partial charge in [0.15, 0.2) is 0 Å². The molecule has 3 rings (SSSR count). The Morgan fingerprint density at radius 3 is 2.39 bits per heavy atom. The Hall–Kier alpha value is -2.96. The number of likely N-dealkylation sites (tertiary alicyclic amines) is 1. The first-order valence-electron chi connectivity index (χ1n) is 11.0. The number of nitrogens with zero attached hydrogens (tertiary/aromatic N) is 5. The molecule has 2 aliphatic rings. The fraction of sp³-hybridized carbons (Fsp3) is 0.500. The van der Waals surface area contributed by atoms with Gasteiger partial charge in [-0.25, -0.2) is 9.98 Å². The standard InChI is InChI=1S/C24H33N5O2/c1-6-20(16-26-22(17(2)3)29-9-7-8-21(29)30)24(31)28-12-10-27(11-13-28)23-19(5)14-18(4)15-25-23/h6,14-16H,7-13H2,1-5H3/b20-6-,26-16-. The lowest BCUT2D eigenvalue weighted by atomic mass is 10.1. The van der Waals surface area contributed by atoms with E-state index in [1.165, 1.54) is 0 Å². The Morgan fingerprint density at radius 2 is 1.84 bits per heavy atom. The maximum absolute atomic E-state index is 13.1. The van der Waals surface area contributed by atoms with Crippen LogP contribution in [0.25, 0.3) is 0 Å². The fourth-order valence-electron chi connectivity index (χ4n) is 4.07. The van der Waals surface area contributed by atoms with Gasteiger partial charge in [0.2, 0.25) is 5.91 Å². The first-order chi connectivity index (χ1) is 14.8. The summed E-state index contributed by atoms with van der Waals surface area (Å²) in [5, 5.41) is 0. The third kappa shape index (κ3) is 5.21. The molecule has 31 heavy (non-hydrogen) atoms. The van der Waals surface area contributed by atoms with Gasteiger partial charge in [-0.15, -0.1) is 0 Å². The SMILES string of the molecule is C/C=C(/C=N\C(=C(C)C)N1CCCC1=O)C(=O)N1CCN(c2ncc(C)cc2C)CC1. The summed E-state index contributed by atoms with van der Waals surface area (Å²) in [4.78, 5) is 40.2. The molecular formula is C24H33N5O2. The predicted octanol–water partition coefficient (Wildman–Crippen LogP) is 3.24. The van der Waals surface area contributed by atoms with Crippen molar-refractivity contribution in [3.05, 3.63) is 46.4 Å². The van der Waals surface area contributed by atoms with Gasteiger partial charge in [0.25, 0.3) is 5.91 Å². The molecule has 0 bridgehead atoms. The van der Waals surface area contributed by atoms with Gasteiger partial charge in [-0.1, -0.05) is 12.1 Å². The zero-order valence-corrected chi connectivity index (χ0v) is 19.3. The molecule has 2 amide bonds. The van der Waals surface area contributed by atoms with Crippen LogP contribution < -0.4 is 4.90 Å². The second-order valence-corrected chi connectivity index (χ2v) is 8.41. The number of amides is 2. The quantitative estimate of drug-likeness (QED) is 0.539. The second kappa shape index (κ2) is 9.90. The van der Waals surface area contributed by atoms with Gasteiger partial charge in [-0.05, 0) is 57.7 Å². The lowest BCUT2D eigenvalue weighted by Gasteiger charge is -2.36. The third-order valence-corrected chi connectivity index (χ3v) is 5.71. The molecule has 2 fully saturated rings. The van der Waals surface area contributed by atoms with Crippen LogP contribution in [-0.2, 0) is 9.59 Å². The number of carbonyl (C=O) groups excluding carboxylic acids is 2. The highest BCUT2D eigenvalue weighted by Crippen LogP contribution is 2.21. The van der Waals surface area contributed by atoms with E-state index in [1.807, 2.05) is 38.8 Å². The van der Waals surface area contributed by atoms with Gasteiger partial charge < -0.3 is 9.80 Å². The van der Waals surface area contributed by atoms with E-state index in [0.717, 1.165) is 42.0 Å². The van der Waals surface area contributed by atoms with E-state index >= 15 is 0 Å². The largest absolute Gasteiger partial charge is 0.353 e. The molecule has 1 aromatic rings. The number of rotatable bonds is 5. The Morgan fingerprint density at radius 1 is 1.13 bits per heavy atom. The van der Waals surface area contributed by atoms with Crippen LogP contribution in [0.3, 0.4) is 0 Å². The molecule has 0 N–H and O–H groups in total. The van der Waals surface area contributed by atoms with Crippen LogP contribution in [0.1, 0.15) is 44.7 Å². The normalized spacial score (nSPS) is 17.6. The molecule has 166 valence electrons. The lowest BCUT2D eigenvalue weighted by molar-refractivity contribution is -0.127.